The first kappa shape index (κ1) is 21.0. The van der Waals surface area contributed by atoms with Crippen LogP contribution in [0.2, 0.25) is 0 Å². The van der Waals surface area contributed by atoms with E-state index in [9.17, 15) is 18.5 Å². The molecule has 9 nitrogen and oxygen atoms in total. The Balaban J connectivity index is 1.53. The number of benzene rings is 4. The minimum Gasteiger partial charge on any atom is -0.304 e. The molecule has 0 radical (unpaired) electrons. The Morgan fingerprint density at radius 3 is 2.20 bits per heavy atom. The van der Waals surface area contributed by atoms with E-state index in [0.717, 1.165) is 26.8 Å². The molecule has 0 N–H and O–H groups in total. The van der Waals surface area contributed by atoms with Gasteiger partial charge in [0, 0.05) is 17.8 Å². The number of non-ortho nitro benzene ring substituents is 1. The fraction of sp³-hybridized carbons (Fsp3) is 0.0400. The van der Waals surface area contributed by atoms with Gasteiger partial charge in [0.15, 0.2) is 11.6 Å². The summed E-state index contributed by atoms with van der Waals surface area (Å²) in [5, 5.41) is 13.3. The zero-order valence-electron chi connectivity index (χ0n) is 18.1. The van der Waals surface area contributed by atoms with Crippen LogP contribution in [0.1, 0.15) is 0 Å². The summed E-state index contributed by atoms with van der Waals surface area (Å²) < 4.78 is 28.6. The van der Waals surface area contributed by atoms with Crippen LogP contribution >= 0.6 is 0 Å². The van der Waals surface area contributed by atoms with Gasteiger partial charge in [-0.3, -0.25) is 10.1 Å². The van der Waals surface area contributed by atoms with Crippen LogP contribution in [0.3, 0.4) is 0 Å². The van der Waals surface area contributed by atoms with Gasteiger partial charge in [-0.05, 0) is 41.1 Å². The number of hydrogen-bond acceptors (Lipinski definition) is 7. The molecule has 0 saturated heterocycles. The van der Waals surface area contributed by atoms with Crippen molar-refractivity contribution in [2.45, 2.75) is 4.90 Å². The summed E-state index contributed by atoms with van der Waals surface area (Å²) in [6.07, 6.45) is 0. The molecule has 0 spiro atoms. The van der Waals surface area contributed by atoms with Crippen LogP contribution in [-0.2, 0) is 10.0 Å². The second kappa shape index (κ2) is 7.74. The smallest absolute Gasteiger partial charge is 0.270 e. The van der Waals surface area contributed by atoms with Gasteiger partial charge in [0.25, 0.3) is 15.7 Å². The summed E-state index contributed by atoms with van der Waals surface area (Å²) in [7, 11) is -4.18. The van der Waals surface area contributed by atoms with Crippen LogP contribution in [0, 0.1) is 10.1 Å². The lowest BCUT2D eigenvalue weighted by molar-refractivity contribution is -0.385. The highest BCUT2D eigenvalue weighted by molar-refractivity contribution is 7.92. The zero-order valence-corrected chi connectivity index (χ0v) is 19.0. The molecule has 0 amide bonds. The molecule has 0 atom stereocenters. The lowest BCUT2D eigenvalue weighted by atomic mass is 10.1. The van der Waals surface area contributed by atoms with Crippen LogP contribution < -0.4 is 9.21 Å². The van der Waals surface area contributed by atoms with Gasteiger partial charge in [0.05, 0.1) is 20.9 Å². The molecular weight excluding hydrogens is 466 g/mol. The SMILES string of the molecule is O=[N+]([O-])c1cccc(S(=O)(=O)N2CN(c3ccc4ccccc4c3)c3nc4ccccc4nc32)c1. The Kier molecular flexibility index (Phi) is 4.64. The third-order valence-corrected chi connectivity index (χ3v) is 7.68. The van der Waals surface area contributed by atoms with Crippen LogP contribution in [0.25, 0.3) is 21.8 Å². The summed E-state index contributed by atoms with van der Waals surface area (Å²) in [6.45, 7) is -0.0744. The van der Waals surface area contributed by atoms with Gasteiger partial charge in [0.2, 0.25) is 0 Å². The predicted molar refractivity (Wildman–Crippen MR) is 133 cm³/mol. The van der Waals surface area contributed by atoms with E-state index in [-0.39, 0.29) is 23.1 Å². The van der Waals surface area contributed by atoms with Crippen molar-refractivity contribution in [2.24, 2.45) is 0 Å². The zero-order chi connectivity index (χ0) is 24.2. The first-order chi connectivity index (χ1) is 16.9. The van der Waals surface area contributed by atoms with Crippen molar-refractivity contribution in [1.82, 2.24) is 9.97 Å². The van der Waals surface area contributed by atoms with Gasteiger partial charge in [-0.1, -0.05) is 48.5 Å². The van der Waals surface area contributed by atoms with E-state index >= 15 is 0 Å². The first-order valence-electron chi connectivity index (χ1n) is 10.7. The van der Waals surface area contributed by atoms with Crippen molar-refractivity contribution in [2.75, 3.05) is 15.9 Å². The first-order valence-corrected chi connectivity index (χ1v) is 12.2. The number of hydrogen-bond donors (Lipinski definition) is 0. The molecule has 4 aromatic carbocycles. The van der Waals surface area contributed by atoms with Crippen molar-refractivity contribution in [3.8, 4) is 0 Å². The Morgan fingerprint density at radius 2 is 1.46 bits per heavy atom. The fourth-order valence-corrected chi connectivity index (χ4v) is 5.61. The summed E-state index contributed by atoms with van der Waals surface area (Å²) in [4.78, 5) is 21.6. The number of anilines is 3. The van der Waals surface area contributed by atoms with Gasteiger partial charge < -0.3 is 4.90 Å². The lowest BCUT2D eigenvalue weighted by Gasteiger charge is -2.21. The highest BCUT2D eigenvalue weighted by Gasteiger charge is 2.39. The number of aromatic nitrogens is 2. The Labute approximate surface area is 200 Å². The second-order valence-corrected chi connectivity index (χ2v) is 9.93. The molecule has 1 aromatic heterocycles. The number of nitro groups is 1. The molecule has 10 heteroatoms. The van der Waals surface area contributed by atoms with Crippen molar-refractivity contribution in [3.05, 3.63) is 101 Å². The van der Waals surface area contributed by atoms with Crippen LogP contribution in [0.5, 0.6) is 0 Å². The minimum absolute atomic E-state index is 0.0744. The van der Waals surface area contributed by atoms with E-state index in [1.807, 2.05) is 54.6 Å². The van der Waals surface area contributed by atoms with Crippen molar-refractivity contribution < 1.29 is 13.3 Å². The van der Waals surface area contributed by atoms with Crippen LogP contribution in [0.15, 0.2) is 95.9 Å². The topological polar surface area (TPSA) is 110 Å². The molecule has 5 aromatic rings. The van der Waals surface area contributed by atoms with E-state index in [0.29, 0.717) is 16.9 Å². The quantitative estimate of drug-likeness (QED) is 0.261. The van der Waals surface area contributed by atoms with Crippen LogP contribution in [-0.4, -0.2) is 30.0 Å². The number of rotatable bonds is 4. The predicted octanol–water partition coefficient (Wildman–Crippen LogP) is 5.00. The largest absolute Gasteiger partial charge is 0.304 e. The summed E-state index contributed by atoms with van der Waals surface area (Å²) in [5.41, 5.74) is 1.63. The van der Waals surface area contributed by atoms with E-state index < -0.39 is 14.9 Å². The average Bonchev–Trinajstić information content (AvgIpc) is 3.26. The monoisotopic (exact) mass is 483 g/mol. The number of fused-ring (bicyclic) bond motifs is 3. The van der Waals surface area contributed by atoms with Crippen molar-refractivity contribution in [3.63, 3.8) is 0 Å². The Morgan fingerprint density at radius 1 is 0.771 bits per heavy atom. The van der Waals surface area contributed by atoms with Gasteiger partial charge in [0.1, 0.15) is 6.67 Å². The van der Waals surface area contributed by atoms with E-state index in [1.54, 1.807) is 17.0 Å². The standard InChI is InChI=1S/C25H17N5O4S/c31-30(32)20-8-5-9-21(15-20)35(33,34)29-16-28(19-13-12-17-6-1-2-7-18(17)14-19)24-25(29)27-23-11-4-3-10-22(23)26-24/h1-15H,16H2. The molecule has 35 heavy (non-hydrogen) atoms. The number of nitro benzene ring substituents is 1. The third kappa shape index (κ3) is 3.42. The van der Waals surface area contributed by atoms with E-state index in [1.165, 1.54) is 18.2 Å². The summed E-state index contributed by atoms with van der Waals surface area (Å²) in [5.74, 6) is 0.566. The Hall–Kier alpha value is -4.57. The molecule has 0 saturated carbocycles. The third-order valence-electron chi connectivity index (χ3n) is 5.96. The van der Waals surface area contributed by atoms with Gasteiger partial charge in [-0.25, -0.2) is 22.7 Å². The van der Waals surface area contributed by atoms with Crippen molar-refractivity contribution >= 4 is 54.8 Å². The molecule has 1 aliphatic rings. The van der Waals surface area contributed by atoms with Gasteiger partial charge in [-0.15, -0.1) is 0 Å². The number of sulfonamides is 1. The molecule has 1 aliphatic heterocycles. The minimum atomic E-state index is -4.18. The molecule has 172 valence electrons. The highest BCUT2D eigenvalue weighted by Crippen LogP contribution is 2.42. The Bertz CT molecular complexity index is 1760. The molecular formula is C25H17N5O4S. The maximum Gasteiger partial charge on any atom is 0.270 e. The number of para-hydroxylation sites is 2. The molecule has 6 rings (SSSR count). The fourth-order valence-electron chi connectivity index (χ4n) is 4.22. The molecule has 0 unspecified atom stereocenters. The van der Waals surface area contributed by atoms with E-state index in [4.69, 9.17) is 4.98 Å². The molecule has 0 bridgehead atoms. The second-order valence-electron chi connectivity index (χ2n) is 8.07. The number of nitrogens with zero attached hydrogens (tertiary/aromatic N) is 5. The normalized spacial score (nSPS) is 13.4. The summed E-state index contributed by atoms with van der Waals surface area (Å²) in [6, 6.07) is 26.0. The average molecular weight is 484 g/mol. The van der Waals surface area contributed by atoms with E-state index in [2.05, 4.69) is 4.98 Å². The maximum absolute atomic E-state index is 13.7. The lowest BCUT2D eigenvalue weighted by Crippen LogP contribution is -2.34. The van der Waals surface area contributed by atoms with Crippen LogP contribution in [0.4, 0.5) is 23.0 Å². The maximum atomic E-state index is 13.7. The molecule has 2 heterocycles. The van der Waals surface area contributed by atoms with Gasteiger partial charge in [-0.2, -0.15) is 0 Å². The van der Waals surface area contributed by atoms with Gasteiger partial charge >= 0.3 is 0 Å². The summed E-state index contributed by atoms with van der Waals surface area (Å²) >= 11 is 0. The molecule has 0 fully saturated rings. The highest BCUT2D eigenvalue weighted by atomic mass is 32.2. The van der Waals surface area contributed by atoms with Crippen molar-refractivity contribution in [1.29, 1.82) is 0 Å². The molecule has 0 aliphatic carbocycles.